The molecule has 0 unspecified atom stereocenters. The molecule has 0 aromatic heterocycles. The fraction of sp³-hybridized carbons (Fsp3) is 0.250. The van der Waals surface area contributed by atoms with Crippen LogP contribution in [0, 0.1) is 51.8 Å². The van der Waals surface area contributed by atoms with E-state index in [1.54, 1.807) is 4.90 Å². The molecule has 2 aliphatic rings. The van der Waals surface area contributed by atoms with Gasteiger partial charge >= 0.3 is 0 Å². The van der Waals surface area contributed by atoms with Gasteiger partial charge in [-0.25, -0.2) is 0 Å². The number of nitro benzene ring substituents is 4. The van der Waals surface area contributed by atoms with E-state index in [0.29, 0.717) is 25.2 Å². The Morgan fingerprint density at radius 3 is 1.53 bits per heavy atom. The van der Waals surface area contributed by atoms with Crippen molar-refractivity contribution in [3.63, 3.8) is 0 Å². The molecule has 1 aliphatic heterocycles. The number of likely N-dealkylation sites (tertiary alicyclic amines) is 1. The molecule has 0 amide bonds. The van der Waals surface area contributed by atoms with E-state index < -0.39 is 42.4 Å². The van der Waals surface area contributed by atoms with E-state index in [2.05, 4.69) is 0 Å². The number of allylic oxidation sites excluding steroid dienone is 1. The van der Waals surface area contributed by atoms with Crippen LogP contribution in [0.25, 0.3) is 16.7 Å². The van der Waals surface area contributed by atoms with E-state index in [9.17, 15) is 45.7 Å². The first-order valence-electron chi connectivity index (χ1n) is 9.99. The highest BCUT2D eigenvalue weighted by molar-refractivity contribution is 6.09. The van der Waals surface area contributed by atoms with Gasteiger partial charge in [0.1, 0.15) is 11.8 Å². The average Bonchev–Trinajstić information content (AvgIpc) is 3.13. The maximum absolute atomic E-state index is 11.9. The van der Waals surface area contributed by atoms with Crippen LogP contribution in [-0.4, -0.2) is 37.7 Å². The van der Waals surface area contributed by atoms with Gasteiger partial charge in [0.25, 0.3) is 22.7 Å². The maximum Gasteiger partial charge on any atom is 0.284 e. The van der Waals surface area contributed by atoms with Crippen molar-refractivity contribution in [1.29, 1.82) is 5.26 Å². The molecular formula is C20H14N6O8. The van der Waals surface area contributed by atoms with Crippen LogP contribution in [0.3, 0.4) is 0 Å². The summed E-state index contributed by atoms with van der Waals surface area (Å²) in [6.45, 7) is 0.899. The summed E-state index contributed by atoms with van der Waals surface area (Å²) in [5.74, 6) is 0. The van der Waals surface area contributed by atoms with Crippen LogP contribution in [0.2, 0.25) is 0 Å². The normalized spacial score (nSPS) is 14.1. The lowest BCUT2D eigenvalue weighted by Gasteiger charge is -2.29. The zero-order valence-corrected chi connectivity index (χ0v) is 17.3. The first kappa shape index (κ1) is 22.3. The highest BCUT2D eigenvalue weighted by Crippen LogP contribution is 2.55. The Morgan fingerprint density at radius 1 is 0.735 bits per heavy atom. The number of rotatable bonds is 5. The second-order valence-electron chi connectivity index (χ2n) is 7.69. The summed E-state index contributed by atoms with van der Waals surface area (Å²) < 4.78 is 0. The molecule has 14 nitrogen and oxygen atoms in total. The van der Waals surface area contributed by atoms with Crippen LogP contribution in [0.4, 0.5) is 22.7 Å². The second kappa shape index (κ2) is 8.20. The Bertz CT molecular complexity index is 1290. The van der Waals surface area contributed by atoms with Crippen LogP contribution < -0.4 is 0 Å². The number of nitriles is 1. The summed E-state index contributed by atoms with van der Waals surface area (Å²) in [5.41, 5.74) is -3.70. The van der Waals surface area contributed by atoms with Gasteiger partial charge in [-0.15, -0.1) is 0 Å². The van der Waals surface area contributed by atoms with Gasteiger partial charge in [-0.1, -0.05) is 0 Å². The Morgan fingerprint density at radius 2 is 1.18 bits per heavy atom. The minimum Gasteiger partial charge on any atom is -0.363 e. The lowest BCUT2D eigenvalue weighted by Crippen LogP contribution is -2.29. The summed E-state index contributed by atoms with van der Waals surface area (Å²) in [4.78, 5) is 44.9. The van der Waals surface area contributed by atoms with E-state index in [1.165, 1.54) is 0 Å². The number of nitrogens with zero attached hydrogens (tertiary/aromatic N) is 6. The second-order valence-corrected chi connectivity index (χ2v) is 7.69. The minimum atomic E-state index is -0.906. The molecule has 0 spiro atoms. The third-order valence-electron chi connectivity index (χ3n) is 5.82. The molecule has 34 heavy (non-hydrogen) atoms. The van der Waals surface area contributed by atoms with Gasteiger partial charge in [-0.2, -0.15) is 5.26 Å². The van der Waals surface area contributed by atoms with Gasteiger partial charge in [-0.05, 0) is 19.3 Å². The van der Waals surface area contributed by atoms with Gasteiger partial charge in [0.05, 0.1) is 43.0 Å². The number of fused-ring (bicyclic) bond motifs is 3. The predicted octanol–water partition coefficient (Wildman–Crippen LogP) is 4.07. The molecule has 172 valence electrons. The van der Waals surface area contributed by atoms with Crippen molar-refractivity contribution in [2.24, 2.45) is 0 Å². The SMILES string of the molecule is N#CC(=C1c2cc([N+](=O)[O-])cc([N+](=O)[O-])c2-c2c1cc([N+](=O)[O-])cc2[N+](=O)[O-])N1CCCCC1. The molecule has 1 heterocycles. The number of hydrogen-bond donors (Lipinski definition) is 0. The lowest BCUT2D eigenvalue weighted by atomic mass is 9.98. The topological polar surface area (TPSA) is 200 Å². The zero-order chi connectivity index (χ0) is 24.7. The summed E-state index contributed by atoms with van der Waals surface area (Å²) in [5, 5.41) is 56.8. The highest BCUT2D eigenvalue weighted by atomic mass is 16.6. The first-order valence-corrected chi connectivity index (χ1v) is 9.99. The maximum atomic E-state index is 11.9. The smallest absolute Gasteiger partial charge is 0.284 e. The molecule has 14 heteroatoms. The molecule has 2 aromatic carbocycles. The average molecular weight is 466 g/mol. The van der Waals surface area contributed by atoms with Crippen LogP contribution in [0.5, 0.6) is 0 Å². The van der Waals surface area contributed by atoms with E-state index in [-0.39, 0.29) is 33.5 Å². The molecule has 0 radical (unpaired) electrons. The predicted molar refractivity (Wildman–Crippen MR) is 116 cm³/mol. The summed E-state index contributed by atoms with van der Waals surface area (Å²) in [7, 11) is 0. The quantitative estimate of drug-likeness (QED) is 0.300. The Kier molecular flexibility index (Phi) is 5.37. The van der Waals surface area contributed by atoms with Crippen LogP contribution in [0.1, 0.15) is 30.4 Å². The van der Waals surface area contributed by atoms with Crippen LogP contribution in [0.15, 0.2) is 30.0 Å². The van der Waals surface area contributed by atoms with Gasteiger partial charge in [0.2, 0.25) is 0 Å². The van der Waals surface area contributed by atoms with Gasteiger partial charge in [0.15, 0.2) is 0 Å². The van der Waals surface area contributed by atoms with Gasteiger partial charge < -0.3 is 4.90 Å². The lowest BCUT2D eigenvalue weighted by molar-refractivity contribution is -0.395. The summed E-state index contributed by atoms with van der Waals surface area (Å²) in [6.07, 6.45) is 2.39. The highest BCUT2D eigenvalue weighted by Gasteiger charge is 2.42. The van der Waals surface area contributed by atoms with Crippen molar-refractivity contribution in [3.8, 4) is 17.2 Å². The van der Waals surface area contributed by atoms with E-state index >= 15 is 0 Å². The number of piperidine rings is 1. The minimum absolute atomic E-state index is 0.00991. The molecule has 0 saturated carbocycles. The van der Waals surface area contributed by atoms with E-state index in [4.69, 9.17) is 0 Å². The van der Waals surface area contributed by atoms with Crippen molar-refractivity contribution in [3.05, 3.63) is 81.5 Å². The van der Waals surface area contributed by atoms with Crippen molar-refractivity contribution in [1.82, 2.24) is 4.90 Å². The molecule has 1 fully saturated rings. The number of benzene rings is 2. The molecule has 1 saturated heterocycles. The van der Waals surface area contributed by atoms with E-state index in [1.807, 2.05) is 6.07 Å². The largest absolute Gasteiger partial charge is 0.363 e. The number of hydrogen-bond acceptors (Lipinski definition) is 10. The Labute approximate surface area is 189 Å². The third kappa shape index (κ3) is 3.45. The van der Waals surface area contributed by atoms with Gasteiger partial charge in [0, 0.05) is 41.9 Å². The molecule has 0 N–H and O–H groups in total. The summed E-state index contributed by atoms with van der Waals surface area (Å²) >= 11 is 0. The van der Waals surface area contributed by atoms with Gasteiger partial charge in [-0.3, -0.25) is 40.5 Å². The molecule has 0 atom stereocenters. The fourth-order valence-electron chi connectivity index (χ4n) is 4.44. The van der Waals surface area contributed by atoms with Crippen molar-refractivity contribution < 1.29 is 19.7 Å². The third-order valence-corrected chi connectivity index (χ3v) is 5.82. The fourth-order valence-corrected chi connectivity index (χ4v) is 4.44. The first-order chi connectivity index (χ1) is 16.1. The Balaban J connectivity index is 2.22. The zero-order valence-electron chi connectivity index (χ0n) is 17.3. The number of nitro groups is 4. The standard InChI is InChI=1S/C20H14N6O8/c21-10-17(22-4-2-1-3-5-22)18-13-6-11(23(27)28)8-15(25(31)32)19(13)20-14(18)7-12(24(29)30)9-16(20)26(33)34/h6-9H,1-5H2. The summed E-state index contributed by atoms with van der Waals surface area (Å²) in [6, 6.07) is 5.40. The molecule has 2 aromatic rings. The Hall–Kier alpha value is -4.93. The van der Waals surface area contributed by atoms with Crippen LogP contribution >= 0.6 is 0 Å². The van der Waals surface area contributed by atoms with Crippen LogP contribution in [-0.2, 0) is 0 Å². The van der Waals surface area contributed by atoms with Crippen molar-refractivity contribution in [2.75, 3.05) is 13.1 Å². The monoisotopic (exact) mass is 466 g/mol. The molecule has 1 aliphatic carbocycles. The van der Waals surface area contributed by atoms with E-state index in [0.717, 1.165) is 31.4 Å². The molecule has 4 rings (SSSR count). The molecular weight excluding hydrogens is 452 g/mol. The van der Waals surface area contributed by atoms with Crippen molar-refractivity contribution in [2.45, 2.75) is 19.3 Å². The van der Waals surface area contributed by atoms with Crippen molar-refractivity contribution >= 4 is 28.3 Å². The number of non-ortho nitro benzene ring substituents is 2. The molecule has 0 bridgehead atoms.